The van der Waals surface area contributed by atoms with Crippen molar-refractivity contribution < 1.29 is 4.74 Å². The fraction of sp³-hybridized carbons (Fsp3) is 0.400. The van der Waals surface area contributed by atoms with E-state index in [4.69, 9.17) is 4.74 Å². The molecule has 0 aliphatic heterocycles. The number of aryl methyl sites for hydroxylation is 1. The standard InChI is InChI=1S/C15H20N2OS/c1-4-16-14(15-10-19-11(2)17-15)9-12-5-7-13(18-3)8-6-12/h5-8,10,14,16H,4,9H2,1-3H3. The third-order valence-corrected chi connectivity index (χ3v) is 3.83. The number of hydrogen-bond acceptors (Lipinski definition) is 4. The van der Waals surface area contributed by atoms with E-state index in [9.17, 15) is 0 Å². The van der Waals surface area contributed by atoms with Gasteiger partial charge in [0.1, 0.15) is 5.75 Å². The van der Waals surface area contributed by atoms with Crippen LogP contribution >= 0.6 is 11.3 Å². The highest BCUT2D eigenvalue weighted by molar-refractivity contribution is 7.09. The van der Waals surface area contributed by atoms with Gasteiger partial charge in [-0.2, -0.15) is 0 Å². The molecule has 1 N–H and O–H groups in total. The summed E-state index contributed by atoms with van der Waals surface area (Å²) in [6.07, 6.45) is 0.945. The van der Waals surface area contributed by atoms with Crippen molar-refractivity contribution in [2.75, 3.05) is 13.7 Å². The van der Waals surface area contributed by atoms with Gasteiger partial charge in [-0.1, -0.05) is 19.1 Å². The number of ether oxygens (including phenoxy) is 1. The number of rotatable bonds is 6. The number of likely N-dealkylation sites (N-methyl/N-ethyl adjacent to an activating group) is 1. The van der Waals surface area contributed by atoms with Crippen LogP contribution in [-0.4, -0.2) is 18.6 Å². The zero-order valence-corrected chi connectivity index (χ0v) is 12.5. The lowest BCUT2D eigenvalue weighted by molar-refractivity contribution is 0.414. The van der Waals surface area contributed by atoms with Crippen LogP contribution in [0, 0.1) is 6.92 Å². The summed E-state index contributed by atoms with van der Waals surface area (Å²) in [6.45, 7) is 5.11. The van der Waals surface area contributed by atoms with E-state index in [1.54, 1.807) is 18.4 Å². The molecule has 19 heavy (non-hydrogen) atoms. The molecule has 0 spiro atoms. The molecule has 4 heteroatoms. The Hall–Kier alpha value is -1.39. The van der Waals surface area contributed by atoms with Crippen LogP contribution in [0.5, 0.6) is 5.75 Å². The number of nitrogens with zero attached hydrogens (tertiary/aromatic N) is 1. The van der Waals surface area contributed by atoms with E-state index in [1.165, 1.54) is 5.56 Å². The van der Waals surface area contributed by atoms with Gasteiger partial charge >= 0.3 is 0 Å². The Morgan fingerprint density at radius 3 is 2.58 bits per heavy atom. The number of nitrogens with one attached hydrogen (secondary N) is 1. The first kappa shape index (κ1) is 14.0. The zero-order chi connectivity index (χ0) is 13.7. The molecule has 3 nitrogen and oxygen atoms in total. The van der Waals surface area contributed by atoms with Crippen LogP contribution in [0.4, 0.5) is 0 Å². The van der Waals surface area contributed by atoms with Gasteiger partial charge in [0.05, 0.1) is 23.9 Å². The Kier molecular flexibility index (Phi) is 4.93. The first-order valence-electron chi connectivity index (χ1n) is 6.51. The van der Waals surface area contributed by atoms with Crippen molar-refractivity contribution in [3.05, 3.63) is 45.9 Å². The lowest BCUT2D eigenvalue weighted by atomic mass is 10.0. The second-order valence-electron chi connectivity index (χ2n) is 4.45. The van der Waals surface area contributed by atoms with Gasteiger partial charge in [-0.3, -0.25) is 0 Å². The molecular weight excluding hydrogens is 256 g/mol. The second-order valence-corrected chi connectivity index (χ2v) is 5.52. The molecule has 0 saturated carbocycles. The number of aromatic nitrogens is 1. The highest BCUT2D eigenvalue weighted by atomic mass is 32.1. The lowest BCUT2D eigenvalue weighted by Crippen LogP contribution is -2.23. The molecule has 0 radical (unpaired) electrons. The molecule has 0 saturated heterocycles. The molecule has 0 aliphatic rings. The van der Waals surface area contributed by atoms with Crippen molar-refractivity contribution >= 4 is 11.3 Å². The minimum absolute atomic E-state index is 0.281. The SMILES string of the molecule is CCNC(Cc1ccc(OC)cc1)c1csc(C)n1. The molecule has 0 amide bonds. The van der Waals surface area contributed by atoms with Crippen LogP contribution in [0.1, 0.15) is 29.2 Å². The van der Waals surface area contributed by atoms with Crippen molar-refractivity contribution in [1.29, 1.82) is 0 Å². The third-order valence-electron chi connectivity index (χ3n) is 3.04. The Bertz CT molecular complexity index is 507. The largest absolute Gasteiger partial charge is 0.497 e. The van der Waals surface area contributed by atoms with E-state index >= 15 is 0 Å². The maximum atomic E-state index is 5.18. The van der Waals surface area contributed by atoms with Crippen LogP contribution in [0.15, 0.2) is 29.6 Å². The van der Waals surface area contributed by atoms with Crippen molar-refractivity contribution in [3.8, 4) is 5.75 Å². The van der Waals surface area contributed by atoms with Gasteiger partial charge in [0.25, 0.3) is 0 Å². The van der Waals surface area contributed by atoms with E-state index in [0.717, 1.165) is 29.4 Å². The fourth-order valence-electron chi connectivity index (χ4n) is 2.07. The normalized spacial score (nSPS) is 12.4. The third kappa shape index (κ3) is 3.78. The molecule has 1 aromatic carbocycles. The van der Waals surface area contributed by atoms with Crippen LogP contribution in [-0.2, 0) is 6.42 Å². The Morgan fingerprint density at radius 2 is 2.05 bits per heavy atom. The lowest BCUT2D eigenvalue weighted by Gasteiger charge is -2.16. The zero-order valence-electron chi connectivity index (χ0n) is 11.6. The van der Waals surface area contributed by atoms with Gasteiger partial charge in [0.2, 0.25) is 0 Å². The average Bonchev–Trinajstić information content (AvgIpc) is 2.86. The number of methoxy groups -OCH3 is 1. The number of hydrogen-bond donors (Lipinski definition) is 1. The van der Waals surface area contributed by atoms with Crippen LogP contribution in [0.3, 0.4) is 0 Å². The molecule has 0 aliphatic carbocycles. The van der Waals surface area contributed by atoms with E-state index < -0.39 is 0 Å². The Balaban J connectivity index is 2.11. The molecule has 2 aromatic rings. The van der Waals surface area contributed by atoms with Gasteiger partial charge in [0.15, 0.2) is 0 Å². The van der Waals surface area contributed by atoms with Crippen molar-refractivity contribution in [2.45, 2.75) is 26.3 Å². The summed E-state index contributed by atoms with van der Waals surface area (Å²) in [6, 6.07) is 8.52. The minimum atomic E-state index is 0.281. The molecule has 2 rings (SSSR count). The summed E-state index contributed by atoms with van der Waals surface area (Å²) in [5.74, 6) is 0.897. The number of thiazole rings is 1. The van der Waals surface area contributed by atoms with E-state index in [2.05, 4.69) is 34.7 Å². The summed E-state index contributed by atoms with van der Waals surface area (Å²) < 4.78 is 5.18. The molecular formula is C15H20N2OS. The Morgan fingerprint density at radius 1 is 1.32 bits per heavy atom. The summed E-state index contributed by atoms with van der Waals surface area (Å²) >= 11 is 1.70. The van der Waals surface area contributed by atoms with Gasteiger partial charge < -0.3 is 10.1 Å². The summed E-state index contributed by atoms with van der Waals surface area (Å²) in [7, 11) is 1.69. The first-order valence-corrected chi connectivity index (χ1v) is 7.39. The maximum absolute atomic E-state index is 5.18. The van der Waals surface area contributed by atoms with E-state index in [-0.39, 0.29) is 6.04 Å². The quantitative estimate of drug-likeness (QED) is 0.878. The first-order chi connectivity index (χ1) is 9.22. The number of benzene rings is 1. The van der Waals surface area contributed by atoms with Gasteiger partial charge in [0, 0.05) is 5.38 Å². The van der Waals surface area contributed by atoms with Crippen molar-refractivity contribution in [3.63, 3.8) is 0 Å². The van der Waals surface area contributed by atoms with Gasteiger partial charge in [-0.25, -0.2) is 4.98 Å². The molecule has 1 unspecified atom stereocenters. The van der Waals surface area contributed by atoms with E-state index in [1.807, 2.05) is 19.1 Å². The monoisotopic (exact) mass is 276 g/mol. The average molecular weight is 276 g/mol. The highest BCUT2D eigenvalue weighted by Crippen LogP contribution is 2.21. The smallest absolute Gasteiger partial charge is 0.118 e. The van der Waals surface area contributed by atoms with Crippen LogP contribution in [0.25, 0.3) is 0 Å². The highest BCUT2D eigenvalue weighted by Gasteiger charge is 2.14. The summed E-state index contributed by atoms with van der Waals surface area (Å²) in [5, 5.41) is 6.77. The maximum Gasteiger partial charge on any atom is 0.118 e. The predicted octanol–water partition coefficient (Wildman–Crippen LogP) is 3.35. The Labute approximate surface area is 118 Å². The molecule has 102 valence electrons. The van der Waals surface area contributed by atoms with Crippen molar-refractivity contribution in [1.82, 2.24) is 10.3 Å². The molecule has 0 fully saturated rings. The minimum Gasteiger partial charge on any atom is -0.497 e. The molecule has 1 aromatic heterocycles. The molecule has 0 bridgehead atoms. The fourth-order valence-corrected chi connectivity index (χ4v) is 2.73. The summed E-state index contributed by atoms with van der Waals surface area (Å²) in [5.41, 5.74) is 2.43. The van der Waals surface area contributed by atoms with Gasteiger partial charge in [-0.05, 0) is 37.6 Å². The van der Waals surface area contributed by atoms with Crippen LogP contribution in [0.2, 0.25) is 0 Å². The van der Waals surface area contributed by atoms with E-state index in [0.29, 0.717) is 0 Å². The molecule has 1 heterocycles. The van der Waals surface area contributed by atoms with Gasteiger partial charge in [-0.15, -0.1) is 11.3 Å². The predicted molar refractivity (Wildman–Crippen MR) is 80.0 cm³/mol. The van der Waals surface area contributed by atoms with Crippen LogP contribution < -0.4 is 10.1 Å². The topological polar surface area (TPSA) is 34.1 Å². The second kappa shape index (κ2) is 6.68. The van der Waals surface area contributed by atoms with Crippen molar-refractivity contribution in [2.24, 2.45) is 0 Å². The molecule has 1 atom stereocenters. The summed E-state index contributed by atoms with van der Waals surface area (Å²) in [4.78, 5) is 4.59.